The predicted molar refractivity (Wildman–Crippen MR) is 78.8 cm³/mol. The first-order valence-electron chi connectivity index (χ1n) is 7.38. The molecule has 0 bridgehead atoms. The fraction of sp³-hybridized carbons (Fsp3) is 0.600. The summed E-state index contributed by atoms with van der Waals surface area (Å²) in [5, 5.41) is 12.1. The molecule has 1 atom stereocenters. The number of rotatable bonds is 6. The summed E-state index contributed by atoms with van der Waals surface area (Å²) < 4.78 is 0. The molecule has 1 aliphatic heterocycles. The van der Waals surface area contributed by atoms with Gasteiger partial charge in [0.2, 0.25) is 0 Å². The zero-order valence-electron chi connectivity index (χ0n) is 12.0. The lowest BCUT2D eigenvalue weighted by atomic mass is 10.1. The van der Waals surface area contributed by atoms with Crippen LogP contribution in [-0.2, 0) is 0 Å². The second kappa shape index (κ2) is 7.24. The van der Waals surface area contributed by atoms with Crippen molar-refractivity contribution in [3.8, 4) is 0 Å². The molecule has 1 aromatic rings. The Morgan fingerprint density at radius 1 is 1.60 bits per heavy atom. The van der Waals surface area contributed by atoms with E-state index in [0.29, 0.717) is 5.56 Å². The van der Waals surface area contributed by atoms with Crippen LogP contribution in [0, 0.1) is 0 Å². The van der Waals surface area contributed by atoms with Gasteiger partial charge in [-0.15, -0.1) is 0 Å². The predicted octanol–water partition coefficient (Wildman–Crippen LogP) is 1.89. The Labute approximate surface area is 120 Å². The van der Waals surface area contributed by atoms with Crippen molar-refractivity contribution >= 4 is 11.7 Å². The zero-order chi connectivity index (χ0) is 14.4. The van der Waals surface area contributed by atoms with Crippen molar-refractivity contribution in [3.63, 3.8) is 0 Å². The highest BCUT2D eigenvalue weighted by Gasteiger charge is 2.28. The Bertz CT molecular complexity index is 450. The van der Waals surface area contributed by atoms with E-state index in [1.807, 2.05) is 17.9 Å². The third kappa shape index (κ3) is 3.48. The molecule has 0 aliphatic carbocycles. The average Bonchev–Trinajstić information content (AvgIpc) is 2.93. The largest absolute Gasteiger partial charge is 0.396 e. The molecule has 2 N–H and O–H groups in total. The molecule has 5 heteroatoms. The van der Waals surface area contributed by atoms with Gasteiger partial charge < -0.3 is 15.3 Å². The smallest absolute Gasteiger partial charge is 0.254 e. The lowest BCUT2D eigenvalue weighted by Gasteiger charge is -2.24. The minimum atomic E-state index is 0.0759. The maximum Gasteiger partial charge on any atom is 0.254 e. The first kappa shape index (κ1) is 14.8. The van der Waals surface area contributed by atoms with Gasteiger partial charge in [0.1, 0.15) is 5.82 Å². The van der Waals surface area contributed by atoms with Gasteiger partial charge in [-0.2, -0.15) is 0 Å². The van der Waals surface area contributed by atoms with Gasteiger partial charge in [-0.05, 0) is 44.7 Å². The van der Waals surface area contributed by atoms with Crippen LogP contribution in [0.15, 0.2) is 18.3 Å². The fourth-order valence-corrected chi connectivity index (χ4v) is 2.74. The number of hydrogen-bond acceptors (Lipinski definition) is 4. The van der Waals surface area contributed by atoms with E-state index in [1.54, 1.807) is 12.3 Å². The van der Waals surface area contributed by atoms with E-state index < -0.39 is 0 Å². The molecule has 1 saturated heterocycles. The van der Waals surface area contributed by atoms with Crippen LogP contribution in [0.2, 0.25) is 0 Å². The van der Waals surface area contributed by atoms with Gasteiger partial charge in [-0.25, -0.2) is 4.98 Å². The molecule has 1 aliphatic rings. The maximum atomic E-state index is 12.6. The summed E-state index contributed by atoms with van der Waals surface area (Å²) in [6.45, 7) is 3.79. The molecule has 110 valence electrons. The van der Waals surface area contributed by atoms with Gasteiger partial charge in [0.05, 0.1) is 0 Å². The quantitative estimate of drug-likeness (QED) is 0.833. The molecule has 2 heterocycles. The monoisotopic (exact) mass is 277 g/mol. The van der Waals surface area contributed by atoms with Crippen LogP contribution in [0.5, 0.6) is 0 Å². The standard InChI is InChI=1S/C15H23N3O2/c1-2-16-14-11-12(7-8-17-14)15(20)18-9-3-5-13(18)6-4-10-19/h7-8,11,13,19H,2-6,9-10H2,1H3,(H,16,17). The molecular weight excluding hydrogens is 254 g/mol. The number of nitrogens with zero attached hydrogens (tertiary/aromatic N) is 2. The van der Waals surface area contributed by atoms with E-state index in [4.69, 9.17) is 5.11 Å². The first-order valence-corrected chi connectivity index (χ1v) is 7.38. The van der Waals surface area contributed by atoms with Crippen LogP contribution in [0.3, 0.4) is 0 Å². The number of hydrogen-bond donors (Lipinski definition) is 2. The van der Waals surface area contributed by atoms with Crippen molar-refractivity contribution in [2.45, 2.75) is 38.6 Å². The van der Waals surface area contributed by atoms with Crippen molar-refractivity contribution < 1.29 is 9.90 Å². The molecule has 20 heavy (non-hydrogen) atoms. The van der Waals surface area contributed by atoms with Crippen molar-refractivity contribution in [3.05, 3.63) is 23.9 Å². The molecule has 0 spiro atoms. The molecule has 1 amide bonds. The van der Waals surface area contributed by atoms with Crippen molar-refractivity contribution in [2.75, 3.05) is 25.0 Å². The van der Waals surface area contributed by atoms with Gasteiger partial charge in [0.15, 0.2) is 0 Å². The summed E-state index contributed by atoms with van der Waals surface area (Å²) in [6.07, 6.45) is 5.40. The molecular formula is C15H23N3O2. The Hall–Kier alpha value is -1.62. The van der Waals surface area contributed by atoms with E-state index in [1.165, 1.54) is 0 Å². The molecule has 5 nitrogen and oxygen atoms in total. The number of nitrogens with one attached hydrogen (secondary N) is 1. The van der Waals surface area contributed by atoms with Gasteiger partial charge in [-0.3, -0.25) is 4.79 Å². The van der Waals surface area contributed by atoms with Crippen LogP contribution < -0.4 is 5.32 Å². The van der Waals surface area contributed by atoms with Gasteiger partial charge in [0, 0.05) is 37.5 Å². The van der Waals surface area contributed by atoms with Gasteiger partial charge >= 0.3 is 0 Å². The fourth-order valence-electron chi connectivity index (χ4n) is 2.74. The second-order valence-electron chi connectivity index (χ2n) is 5.12. The Morgan fingerprint density at radius 3 is 3.20 bits per heavy atom. The minimum absolute atomic E-state index is 0.0759. The number of anilines is 1. The number of pyridine rings is 1. The normalized spacial score (nSPS) is 18.3. The highest BCUT2D eigenvalue weighted by molar-refractivity contribution is 5.95. The van der Waals surface area contributed by atoms with Crippen molar-refractivity contribution in [1.29, 1.82) is 0 Å². The van der Waals surface area contributed by atoms with Crippen LogP contribution >= 0.6 is 0 Å². The van der Waals surface area contributed by atoms with E-state index >= 15 is 0 Å². The molecule has 0 radical (unpaired) electrons. The summed E-state index contributed by atoms with van der Waals surface area (Å²) in [5.74, 6) is 0.816. The molecule has 0 aromatic carbocycles. The summed E-state index contributed by atoms with van der Waals surface area (Å²) in [6, 6.07) is 3.85. The second-order valence-corrected chi connectivity index (χ2v) is 5.12. The van der Waals surface area contributed by atoms with Crippen molar-refractivity contribution in [2.24, 2.45) is 0 Å². The van der Waals surface area contributed by atoms with E-state index in [0.717, 1.165) is 44.6 Å². The van der Waals surface area contributed by atoms with Crippen LogP contribution in [0.4, 0.5) is 5.82 Å². The van der Waals surface area contributed by atoms with Crippen molar-refractivity contribution in [1.82, 2.24) is 9.88 Å². The van der Waals surface area contributed by atoms with E-state index in [9.17, 15) is 4.79 Å². The SMILES string of the molecule is CCNc1cc(C(=O)N2CCCC2CCCO)ccn1. The third-order valence-corrected chi connectivity index (χ3v) is 3.70. The van der Waals surface area contributed by atoms with Crippen LogP contribution in [-0.4, -0.2) is 46.6 Å². The summed E-state index contributed by atoms with van der Waals surface area (Å²) in [5.41, 5.74) is 0.687. The molecule has 0 saturated carbocycles. The number of aromatic nitrogens is 1. The van der Waals surface area contributed by atoms with E-state index in [2.05, 4.69) is 10.3 Å². The topological polar surface area (TPSA) is 65.5 Å². The highest BCUT2D eigenvalue weighted by atomic mass is 16.3. The Kier molecular flexibility index (Phi) is 5.35. The maximum absolute atomic E-state index is 12.6. The molecule has 1 aromatic heterocycles. The summed E-state index contributed by atoms with van der Waals surface area (Å²) >= 11 is 0. The first-order chi connectivity index (χ1) is 9.76. The van der Waals surface area contributed by atoms with Crippen LogP contribution in [0.1, 0.15) is 43.0 Å². The zero-order valence-corrected chi connectivity index (χ0v) is 12.0. The number of amides is 1. The number of aliphatic hydroxyl groups is 1. The van der Waals surface area contributed by atoms with Gasteiger partial charge in [-0.1, -0.05) is 0 Å². The molecule has 1 fully saturated rings. The summed E-state index contributed by atoms with van der Waals surface area (Å²) in [4.78, 5) is 18.7. The average molecular weight is 277 g/mol. The highest BCUT2D eigenvalue weighted by Crippen LogP contribution is 2.23. The number of likely N-dealkylation sites (tertiary alicyclic amines) is 1. The molecule has 2 rings (SSSR count). The van der Waals surface area contributed by atoms with Crippen LogP contribution in [0.25, 0.3) is 0 Å². The lowest BCUT2D eigenvalue weighted by molar-refractivity contribution is 0.0724. The van der Waals surface area contributed by atoms with E-state index in [-0.39, 0.29) is 18.6 Å². The summed E-state index contributed by atoms with van der Waals surface area (Å²) in [7, 11) is 0. The Morgan fingerprint density at radius 2 is 2.45 bits per heavy atom. The van der Waals surface area contributed by atoms with Gasteiger partial charge in [0.25, 0.3) is 5.91 Å². The minimum Gasteiger partial charge on any atom is -0.396 e. The number of carbonyl (C=O) groups excluding carboxylic acids is 1. The molecule has 1 unspecified atom stereocenters. The Balaban J connectivity index is 2.07. The number of carbonyl (C=O) groups is 1. The lowest BCUT2D eigenvalue weighted by Crippen LogP contribution is -2.35. The number of aliphatic hydroxyl groups excluding tert-OH is 1. The third-order valence-electron chi connectivity index (χ3n) is 3.70.